The molecule has 24 heavy (non-hydrogen) atoms. The number of hydrogen-bond acceptors (Lipinski definition) is 3. The number of thioether (sulfide) groups is 1. The molecule has 2 atom stereocenters. The summed E-state index contributed by atoms with van der Waals surface area (Å²) in [7, 11) is 0. The summed E-state index contributed by atoms with van der Waals surface area (Å²) in [6, 6.07) is 14.6. The van der Waals surface area contributed by atoms with E-state index in [9.17, 15) is 4.79 Å². The molecule has 0 aliphatic carbocycles. The number of anilines is 1. The minimum atomic E-state index is -0.223. The standard InChI is InChI=1S/C17H12Cl2N2OS2/c18-11-3-1-10(2-4-11)16-21-14(9-24-16)15(22)20(17(21)23)13-7-5-12(19)6-8-13/h1-8,14,16H,9H2/t14-,16?/m0/s1. The Morgan fingerprint density at radius 1 is 1.00 bits per heavy atom. The van der Waals surface area contributed by atoms with E-state index in [0.717, 1.165) is 17.0 Å². The van der Waals surface area contributed by atoms with Gasteiger partial charge in [-0.1, -0.05) is 35.3 Å². The van der Waals surface area contributed by atoms with Gasteiger partial charge in [0.05, 0.1) is 5.69 Å². The van der Waals surface area contributed by atoms with E-state index in [-0.39, 0.29) is 17.3 Å². The van der Waals surface area contributed by atoms with Crippen molar-refractivity contribution in [2.45, 2.75) is 11.4 Å². The van der Waals surface area contributed by atoms with Crippen LogP contribution in [0, 0.1) is 0 Å². The van der Waals surface area contributed by atoms with Crippen LogP contribution >= 0.6 is 47.2 Å². The summed E-state index contributed by atoms with van der Waals surface area (Å²) in [5.74, 6) is 0.738. The highest BCUT2D eigenvalue weighted by Gasteiger charge is 2.50. The van der Waals surface area contributed by atoms with Gasteiger partial charge in [-0.15, -0.1) is 11.8 Å². The van der Waals surface area contributed by atoms with E-state index >= 15 is 0 Å². The quantitative estimate of drug-likeness (QED) is 0.686. The maximum atomic E-state index is 12.8. The molecule has 0 spiro atoms. The first-order valence-corrected chi connectivity index (χ1v) is 9.56. The van der Waals surface area contributed by atoms with E-state index < -0.39 is 0 Å². The molecule has 2 aliphatic rings. The number of fused-ring (bicyclic) bond motifs is 1. The van der Waals surface area contributed by atoms with Gasteiger partial charge in [-0.05, 0) is 54.2 Å². The van der Waals surface area contributed by atoms with Gasteiger partial charge < -0.3 is 4.90 Å². The van der Waals surface area contributed by atoms with Crippen LogP contribution in [-0.2, 0) is 4.79 Å². The van der Waals surface area contributed by atoms with Crippen LogP contribution in [0.5, 0.6) is 0 Å². The highest BCUT2D eigenvalue weighted by atomic mass is 35.5. The van der Waals surface area contributed by atoms with Gasteiger partial charge in [0.25, 0.3) is 5.91 Å². The zero-order valence-electron chi connectivity index (χ0n) is 12.4. The molecule has 3 nitrogen and oxygen atoms in total. The second-order valence-corrected chi connectivity index (χ2v) is 7.94. The molecule has 0 bridgehead atoms. The number of carbonyl (C=O) groups is 1. The van der Waals surface area contributed by atoms with Crippen molar-refractivity contribution in [1.82, 2.24) is 4.90 Å². The molecule has 2 aromatic carbocycles. The molecule has 2 aliphatic heterocycles. The molecule has 2 fully saturated rings. The summed E-state index contributed by atoms with van der Waals surface area (Å²) in [6.07, 6.45) is 0. The molecule has 1 unspecified atom stereocenters. The molecule has 122 valence electrons. The van der Waals surface area contributed by atoms with Gasteiger partial charge in [-0.25, -0.2) is 0 Å². The van der Waals surface area contributed by atoms with Crippen molar-refractivity contribution in [3.8, 4) is 0 Å². The molecule has 1 amide bonds. The second-order valence-electron chi connectivity index (χ2n) is 5.59. The number of rotatable bonds is 2. The monoisotopic (exact) mass is 394 g/mol. The normalized spacial score (nSPS) is 23.1. The van der Waals surface area contributed by atoms with Crippen molar-refractivity contribution in [2.24, 2.45) is 0 Å². The molecular formula is C17H12Cl2N2OS2. The largest absolute Gasteiger partial charge is 0.319 e. The smallest absolute Gasteiger partial charge is 0.257 e. The number of halogens is 2. The zero-order chi connectivity index (χ0) is 16.8. The zero-order valence-corrected chi connectivity index (χ0v) is 15.5. The van der Waals surface area contributed by atoms with Crippen LogP contribution in [-0.4, -0.2) is 27.7 Å². The van der Waals surface area contributed by atoms with Crippen LogP contribution in [0.4, 0.5) is 5.69 Å². The fourth-order valence-electron chi connectivity index (χ4n) is 3.00. The molecule has 2 aromatic rings. The third kappa shape index (κ3) is 2.60. The summed E-state index contributed by atoms with van der Waals surface area (Å²) in [4.78, 5) is 16.5. The molecular weight excluding hydrogens is 383 g/mol. The summed E-state index contributed by atoms with van der Waals surface area (Å²) < 4.78 is 0. The number of benzene rings is 2. The molecule has 0 aromatic heterocycles. The van der Waals surface area contributed by atoms with Crippen molar-refractivity contribution < 1.29 is 4.79 Å². The van der Waals surface area contributed by atoms with E-state index in [4.69, 9.17) is 35.4 Å². The van der Waals surface area contributed by atoms with Gasteiger partial charge in [0.2, 0.25) is 0 Å². The van der Waals surface area contributed by atoms with Crippen LogP contribution in [0.25, 0.3) is 0 Å². The maximum absolute atomic E-state index is 12.8. The Bertz CT molecular complexity index is 810. The van der Waals surface area contributed by atoms with Crippen molar-refractivity contribution in [3.63, 3.8) is 0 Å². The number of hydrogen-bond donors (Lipinski definition) is 0. The Morgan fingerprint density at radius 3 is 2.21 bits per heavy atom. The number of thiocarbonyl (C=S) groups is 1. The summed E-state index contributed by atoms with van der Waals surface area (Å²) >= 11 is 19.3. The Hall–Kier alpha value is -1.27. The van der Waals surface area contributed by atoms with Crippen LogP contribution in [0.2, 0.25) is 10.0 Å². The minimum absolute atomic E-state index is 0.0197. The number of amides is 1. The molecule has 0 N–H and O–H groups in total. The Labute approximate surface area is 159 Å². The van der Waals surface area contributed by atoms with E-state index in [0.29, 0.717) is 15.2 Å². The van der Waals surface area contributed by atoms with E-state index in [1.807, 2.05) is 41.3 Å². The highest BCUT2D eigenvalue weighted by Crippen LogP contribution is 2.46. The van der Waals surface area contributed by atoms with Gasteiger partial charge in [0.15, 0.2) is 5.11 Å². The minimum Gasteiger partial charge on any atom is -0.319 e. The molecule has 2 heterocycles. The average Bonchev–Trinajstić information content (AvgIpc) is 3.11. The first-order chi connectivity index (χ1) is 11.6. The van der Waals surface area contributed by atoms with Gasteiger partial charge in [-0.2, -0.15) is 0 Å². The number of nitrogens with zero attached hydrogens (tertiary/aromatic N) is 2. The SMILES string of the molecule is O=C1[C@@H]2CSC(c3ccc(Cl)cc3)N2C(=S)N1c1ccc(Cl)cc1. The lowest BCUT2D eigenvalue weighted by Gasteiger charge is -2.25. The van der Waals surface area contributed by atoms with Crippen LogP contribution in [0.1, 0.15) is 10.9 Å². The van der Waals surface area contributed by atoms with Gasteiger partial charge >= 0.3 is 0 Å². The van der Waals surface area contributed by atoms with E-state index in [2.05, 4.69) is 0 Å². The maximum Gasteiger partial charge on any atom is 0.257 e. The Morgan fingerprint density at radius 2 is 1.58 bits per heavy atom. The third-order valence-electron chi connectivity index (χ3n) is 4.16. The first kappa shape index (κ1) is 16.2. The molecule has 2 saturated heterocycles. The molecule has 7 heteroatoms. The van der Waals surface area contributed by atoms with E-state index in [1.165, 1.54) is 0 Å². The summed E-state index contributed by atoms with van der Waals surface area (Å²) in [5, 5.41) is 1.89. The topological polar surface area (TPSA) is 23.6 Å². The summed E-state index contributed by atoms with van der Waals surface area (Å²) in [6.45, 7) is 0. The lowest BCUT2D eigenvalue weighted by Crippen LogP contribution is -2.33. The fourth-order valence-corrected chi connectivity index (χ4v) is 5.17. The Kier molecular flexibility index (Phi) is 4.21. The van der Waals surface area contributed by atoms with E-state index in [1.54, 1.807) is 28.8 Å². The predicted molar refractivity (Wildman–Crippen MR) is 104 cm³/mol. The number of carbonyl (C=O) groups excluding carboxylic acids is 1. The van der Waals surface area contributed by atoms with Gasteiger partial charge in [-0.3, -0.25) is 9.69 Å². The first-order valence-electron chi connectivity index (χ1n) is 7.35. The van der Waals surface area contributed by atoms with Crippen molar-refractivity contribution in [1.29, 1.82) is 0 Å². The lowest BCUT2D eigenvalue weighted by atomic mass is 10.2. The van der Waals surface area contributed by atoms with Gasteiger partial charge in [0, 0.05) is 15.8 Å². The molecule has 0 radical (unpaired) electrons. The average molecular weight is 395 g/mol. The second kappa shape index (κ2) is 6.23. The van der Waals surface area contributed by atoms with Crippen molar-refractivity contribution in [2.75, 3.05) is 10.7 Å². The Balaban J connectivity index is 1.67. The lowest BCUT2D eigenvalue weighted by molar-refractivity contribution is -0.119. The third-order valence-corrected chi connectivity index (χ3v) is 6.38. The fraction of sp³-hybridized carbons (Fsp3) is 0.176. The van der Waals surface area contributed by atoms with Gasteiger partial charge in [0.1, 0.15) is 11.4 Å². The van der Waals surface area contributed by atoms with Crippen molar-refractivity contribution in [3.05, 3.63) is 64.1 Å². The molecule has 0 saturated carbocycles. The van der Waals surface area contributed by atoms with Crippen LogP contribution in [0.15, 0.2) is 48.5 Å². The van der Waals surface area contributed by atoms with Crippen LogP contribution < -0.4 is 4.90 Å². The predicted octanol–water partition coefficient (Wildman–Crippen LogP) is 4.74. The van der Waals surface area contributed by atoms with Crippen LogP contribution in [0.3, 0.4) is 0 Å². The summed E-state index contributed by atoms with van der Waals surface area (Å²) in [5.41, 5.74) is 1.85. The highest BCUT2D eigenvalue weighted by molar-refractivity contribution is 7.99. The molecule has 4 rings (SSSR count). The van der Waals surface area contributed by atoms with Crippen molar-refractivity contribution >= 4 is 63.9 Å².